The van der Waals surface area contributed by atoms with Crippen LogP contribution in [0.1, 0.15) is 55.4 Å². The summed E-state index contributed by atoms with van der Waals surface area (Å²) in [5.41, 5.74) is 6.86. The Morgan fingerprint density at radius 1 is 0.971 bits per heavy atom. The number of nitrogens with zero attached hydrogens (tertiary/aromatic N) is 5. The van der Waals surface area contributed by atoms with Gasteiger partial charge in [-0.25, -0.2) is 9.97 Å². The largest absolute Gasteiger partial charge is 0.308 e. The van der Waals surface area contributed by atoms with Crippen molar-refractivity contribution in [1.82, 2.24) is 24.3 Å². The first-order chi connectivity index (χ1) is 15.9. The van der Waals surface area contributed by atoms with E-state index < -0.39 is 0 Å². The van der Waals surface area contributed by atoms with Crippen LogP contribution in [0.3, 0.4) is 0 Å². The van der Waals surface area contributed by atoms with Gasteiger partial charge in [-0.15, -0.1) is 24.8 Å². The minimum absolute atomic E-state index is 0. The average Bonchev–Trinajstić information content (AvgIpc) is 3.13. The minimum Gasteiger partial charge on any atom is -0.308 e. The van der Waals surface area contributed by atoms with Crippen LogP contribution in [0.4, 0.5) is 0 Å². The molecule has 0 bridgehead atoms. The predicted octanol–water partition coefficient (Wildman–Crippen LogP) is 5.93. The van der Waals surface area contributed by atoms with E-state index >= 15 is 0 Å². The molecule has 4 rings (SSSR count). The third-order valence-corrected chi connectivity index (χ3v) is 6.71. The van der Waals surface area contributed by atoms with E-state index in [2.05, 4.69) is 91.5 Å². The fraction of sp³-hybridized carbons (Fsp3) is 0.500. The Morgan fingerprint density at radius 3 is 2.29 bits per heavy atom. The zero-order valence-corrected chi connectivity index (χ0v) is 23.5. The van der Waals surface area contributed by atoms with Crippen LogP contribution in [0.2, 0.25) is 0 Å². The molecule has 192 valence electrons. The third kappa shape index (κ3) is 7.29. The first-order valence-electron chi connectivity index (χ1n) is 12.5. The van der Waals surface area contributed by atoms with Gasteiger partial charge in [0.15, 0.2) is 5.65 Å². The molecule has 1 fully saturated rings. The van der Waals surface area contributed by atoms with E-state index in [0.717, 1.165) is 61.7 Å². The van der Waals surface area contributed by atoms with Crippen LogP contribution in [0.5, 0.6) is 0 Å². The van der Waals surface area contributed by atoms with Crippen LogP contribution in [0, 0.1) is 13.8 Å². The van der Waals surface area contributed by atoms with Gasteiger partial charge in [0.2, 0.25) is 0 Å². The number of piperazine rings is 1. The Hall–Kier alpha value is -1.92. The van der Waals surface area contributed by atoms with Crippen LogP contribution in [0.25, 0.3) is 17.2 Å². The average molecular weight is 519 g/mol. The summed E-state index contributed by atoms with van der Waals surface area (Å²) in [6, 6.07) is 11.7. The van der Waals surface area contributed by atoms with Gasteiger partial charge in [-0.3, -0.25) is 9.80 Å². The van der Waals surface area contributed by atoms with Crippen molar-refractivity contribution in [2.75, 3.05) is 32.7 Å². The molecule has 0 saturated carbocycles. The van der Waals surface area contributed by atoms with Gasteiger partial charge >= 0.3 is 0 Å². The van der Waals surface area contributed by atoms with E-state index in [1.807, 2.05) is 0 Å². The van der Waals surface area contributed by atoms with Crippen LogP contribution in [0.15, 0.2) is 36.4 Å². The van der Waals surface area contributed by atoms with Crippen molar-refractivity contribution >= 4 is 42.1 Å². The van der Waals surface area contributed by atoms with Crippen LogP contribution in [-0.4, -0.2) is 63.1 Å². The predicted molar refractivity (Wildman–Crippen MR) is 153 cm³/mol. The highest BCUT2D eigenvalue weighted by atomic mass is 35.5. The topological polar surface area (TPSA) is 37.2 Å². The van der Waals surface area contributed by atoms with Crippen molar-refractivity contribution < 1.29 is 0 Å². The molecule has 0 atom stereocenters. The quantitative estimate of drug-likeness (QED) is 0.370. The molecular weight excluding hydrogens is 477 g/mol. The highest BCUT2D eigenvalue weighted by molar-refractivity contribution is 5.85. The highest BCUT2D eigenvalue weighted by Gasteiger charge is 2.17. The number of halogens is 2. The second kappa shape index (κ2) is 13.4. The summed E-state index contributed by atoms with van der Waals surface area (Å²) in [6.07, 6.45) is 6.61. The number of fused-ring (bicyclic) bond motifs is 1. The highest BCUT2D eigenvalue weighted by Crippen LogP contribution is 2.22. The Labute approximate surface area is 223 Å². The van der Waals surface area contributed by atoms with Crippen molar-refractivity contribution in [1.29, 1.82) is 0 Å². The number of hydrogen-bond acceptors (Lipinski definition) is 4. The molecule has 5 nitrogen and oxygen atoms in total. The van der Waals surface area contributed by atoms with Gasteiger partial charge in [-0.05, 0) is 56.9 Å². The lowest BCUT2D eigenvalue weighted by molar-refractivity contribution is 0.117. The summed E-state index contributed by atoms with van der Waals surface area (Å²) in [6.45, 7) is 17.5. The molecule has 0 radical (unpaired) electrons. The van der Waals surface area contributed by atoms with Gasteiger partial charge in [-0.2, -0.15) is 0 Å². The molecule has 1 aromatic carbocycles. The van der Waals surface area contributed by atoms with Crippen molar-refractivity contribution in [3.63, 3.8) is 0 Å². The number of imidazole rings is 1. The molecule has 35 heavy (non-hydrogen) atoms. The lowest BCUT2D eigenvalue weighted by Crippen LogP contribution is -2.48. The summed E-state index contributed by atoms with van der Waals surface area (Å²) in [4.78, 5) is 14.9. The van der Waals surface area contributed by atoms with Gasteiger partial charge in [0.05, 0.1) is 6.54 Å². The molecule has 3 aromatic rings. The molecule has 0 N–H and O–H groups in total. The standard InChI is InChI=1S/C28H39N5.2ClH/c1-6-8-26-30-27-22(4)19-23(5)29-28(27)33(26)20-25-12-10-24(11-13-25)9-7-14-31-15-17-32(18-16-31)21(2)3;;/h7,9-13,19,21H,6,8,14-18,20H2,1-5H3;2*1H/b9-7+;;. The normalized spacial score (nSPS) is 15.0. The molecule has 0 spiro atoms. The fourth-order valence-electron chi connectivity index (χ4n) is 4.75. The molecule has 1 saturated heterocycles. The number of hydrogen-bond donors (Lipinski definition) is 0. The number of aromatic nitrogens is 3. The number of aryl methyl sites for hydroxylation is 3. The molecule has 1 aliphatic rings. The number of pyridine rings is 1. The van der Waals surface area contributed by atoms with E-state index in [4.69, 9.17) is 9.97 Å². The van der Waals surface area contributed by atoms with Gasteiger partial charge in [-0.1, -0.05) is 43.3 Å². The Balaban J connectivity index is 0.00000216. The monoisotopic (exact) mass is 517 g/mol. The maximum atomic E-state index is 4.94. The van der Waals surface area contributed by atoms with E-state index in [9.17, 15) is 0 Å². The van der Waals surface area contributed by atoms with Gasteiger partial charge in [0, 0.05) is 50.9 Å². The molecule has 7 heteroatoms. The second-order valence-corrected chi connectivity index (χ2v) is 9.69. The number of benzene rings is 1. The van der Waals surface area contributed by atoms with Crippen LogP contribution in [-0.2, 0) is 13.0 Å². The van der Waals surface area contributed by atoms with E-state index in [0.29, 0.717) is 6.04 Å². The Morgan fingerprint density at radius 2 is 1.66 bits per heavy atom. The first-order valence-corrected chi connectivity index (χ1v) is 12.5. The molecule has 1 aliphatic heterocycles. The van der Waals surface area contributed by atoms with Crippen molar-refractivity contribution in [3.05, 3.63) is 64.6 Å². The summed E-state index contributed by atoms with van der Waals surface area (Å²) in [5.74, 6) is 1.13. The molecule has 0 unspecified atom stereocenters. The van der Waals surface area contributed by atoms with Crippen LogP contribution >= 0.6 is 24.8 Å². The van der Waals surface area contributed by atoms with E-state index in [-0.39, 0.29) is 24.8 Å². The van der Waals surface area contributed by atoms with Gasteiger partial charge in [0.1, 0.15) is 11.3 Å². The maximum absolute atomic E-state index is 4.94. The van der Waals surface area contributed by atoms with Gasteiger partial charge < -0.3 is 4.57 Å². The SMILES string of the molecule is CCCc1nc2c(C)cc(C)nc2n1Cc1ccc(/C=C/CN2CCN(C(C)C)CC2)cc1.Cl.Cl. The molecule has 3 heterocycles. The molecule has 2 aromatic heterocycles. The Bertz CT molecular complexity index is 1100. The van der Waals surface area contributed by atoms with Gasteiger partial charge in [0.25, 0.3) is 0 Å². The summed E-state index contributed by atoms with van der Waals surface area (Å²) in [5, 5.41) is 0. The molecular formula is C28H41Cl2N5. The smallest absolute Gasteiger partial charge is 0.160 e. The first kappa shape index (κ1) is 29.3. The Kier molecular flexibility index (Phi) is 11.2. The summed E-state index contributed by atoms with van der Waals surface area (Å²) in [7, 11) is 0. The number of rotatable bonds is 8. The fourth-order valence-corrected chi connectivity index (χ4v) is 4.75. The molecule has 0 amide bonds. The van der Waals surface area contributed by atoms with Crippen LogP contribution < -0.4 is 0 Å². The zero-order valence-electron chi connectivity index (χ0n) is 21.8. The second-order valence-electron chi connectivity index (χ2n) is 9.69. The lowest BCUT2D eigenvalue weighted by Gasteiger charge is -2.36. The summed E-state index contributed by atoms with van der Waals surface area (Å²) >= 11 is 0. The minimum atomic E-state index is 0. The maximum Gasteiger partial charge on any atom is 0.160 e. The van der Waals surface area contributed by atoms with Crippen molar-refractivity contribution in [3.8, 4) is 0 Å². The summed E-state index contributed by atoms with van der Waals surface area (Å²) < 4.78 is 2.31. The van der Waals surface area contributed by atoms with Crippen molar-refractivity contribution in [2.24, 2.45) is 0 Å². The van der Waals surface area contributed by atoms with Crippen molar-refractivity contribution in [2.45, 2.75) is 60.0 Å². The third-order valence-electron chi connectivity index (χ3n) is 6.71. The molecule has 0 aliphatic carbocycles. The zero-order chi connectivity index (χ0) is 23.4. The lowest BCUT2D eigenvalue weighted by atomic mass is 10.1. The van der Waals surface area contributed by atoms with E-state index in [1.54, 1.807) is 0 Å². The van der Waals surface area contributed by atoms with E-state index in [1.165, 1.54) is 29.8 Å².